The lowest BCUT2D eigenvalue weighted by Crippen LogP contribution is -2.17. The third-order valence-electron chi connectivity index (χ3n) is 3.40. The first-order valence-electron chi connectivity index (χ1n) is 6.03. The molecule has 0 aromatic heterocycles. The van der Waals surface area contributed by atoms with Crippen LogP contribution in [-0.2, 0) is 0 Å². The van der Waals surface area contributed by atoms with Crippen LogP contribution in [0.15, 0.2) is 48.5 Å². The molecule has 17 heavy (non-hydrogen) atoms. The van der Waals surface area contributed by atoms with Crippen LogP contribution in [0.4, 0.5) is 11.4 Å². The Morgan fingerprint density at radius 1 is 1.06 bits per heavy atom. The lowest BCUT2D eigenvalue weighted by molar-refractivity contribution is 0.720. The average Bonchev–Trinajstić information content (AvgIpc) is 2.39. The van der Waals surface area contributed by atoms with E-state index in [-0.39, 0.29) is 0 Å². The summed E-state index contributed by atoms with van der Waals surface area (Å²) >= 11 is 0. The van der Waals surface area contributed by atoms with Gasteiger partial charge in [-0.2, -0.15) is 0 Å². The molecular weight excluding hydrogens is 208 g/mol. The predicted molar refractivity (Wildman–Crippen MR) is 72.2 cm³/mol. The summed E-state index contributed by atoms with van der Waals surface area (Å²) in [6.07, 6.45) is 1.13. The standard InChI is InChI=1S/C15H16N2/c16-12-6-7-15-14(10-12)13(8-9-17-15)11-4-2-1-3-5-11/h1-7,10,13,17H,8-9,16H2. The Kier molecular flexibility index (Phi) is 2.48. The summed E-state index contributed by atoms with van der Waals surface area (Å²) in [6.45, 7) is 1.02. The zero-order valence-electron chi connectivity index (χ0n) is 9.69. The van der Waals surface area contributed by atoms with Crippen LogP contribution in [0.5, 0.6) is 0 Å². The van der Waals surface area contributed by atoms with E-state index in [1.54, 1.807) is 0 Å². The fourth-order valence-corrected chi connectivity index (χ4v) is 2.57. The molecule has 1 unspecified atom stereocenters. The van der Waals surface area contributed by atoms with Crippen molar-refractivity contribution >= 4 is 11.4 Å². The van der Waals surface area contributed by atoms with E-state index >= 15 is 0 Å². The van der Waals surface area contributed by atoms with Gasteiger partial charge in [-0.1, -0.05) is 30.3 Å². The Balaban J connectivity index is 2.08. The molecule has 0 fully saturated rings. The van der Waals surface area contributed by atoms with E-state index in [2.05, 4.69) is 47.8 Å². The van der Waals surface area contributed by atoms with Gasteiger partial charge in [0.05, 0.1) is 0 Å². The predicted octanol–water partition coefficient (Wildman–Crippen LogP) is 3.22. The molecular formula is C15H16N2. The molecule has 86 valence electrons. The van der Waals surface area contributed by atoms with Gasteiger partial charge in [-0.15, -0.1) is 0 Å². The maximum absolute atomic E-state index is 5.89. The van der Waals surface area contributed by atoms with E-state index < -0.39 is 0 Å². The molecule has 3 rings (SSSR count). The Morgan fingerprint density at radius 3 is 2.71 bits per heavy atom. The zero-order valence-corrected chi connectivity index (χ0v) is 9.69. The number of nitrogens with one attached hydrogen (secondary N) is 1. The number of benzene rings is 2. The highest BCUT2D eigenvalue weighted by Gasteiger charge is 2.21. The van der Waals surface area contributed by atoms with Gasteiger partial charge in [0.15, 0.2) is 0 Å². The van der Waals surface area contributed by atoms with Crippen molar-refractivity contribution in [3.8, 4) is 0 Å². The fraction of sp³-hybridized carbons (Fsp3) is 0.200. The Labute approximate surface area is 101 Å². The molecule has 1 heterocycles. The lowest BCUT2D eigenvalue weighted by Gasteiger charge is -2.27. The minimum atomic E-state index is 0.468. The molecule has 2 nitrogen and oxygen atoms in total. The van der Waals surface area contributed by atoms with Gasteiger partial charge < -0.3 is 11.1 Å². The summed E-state index contributed by atoms with van der Waals surface area (Å²) in [5.41, 5.74) is 10.7. The lowest BCUT2D eigenvalue weighted by atomic mass is 9.85. The highest BCUT2D eigenvalue weighted by molar-refractivity contribution is 5.62. The van der Waals surface area contributed by atoms with Gasteiger partial charge in [0, 0.05) is 23.8 Å². The van der Waals surface area contributed by atoms with Crippen molar-refractivity contribution in [2.75, 3.05) is 17.6 Å². The molecule has 0 saturated carbocycles. The summed E-state index contributed by atoms with van der Waals surface area (Å²) in [5.74, 6) is 0.468. The van der Waals surface area contributed by atoms with Gasteiger partial charge in [0.2, 0.25) is 0 Å². The van der Waals surface area contributed by atoms with Gasteiger partial charge in [0.25, 0.3) is 0 Å². The Morgan fingerprint density at radius 2 is 1.88 bits per heavy atom. The van der Waals surface area contributed by atoms with Crippen molar-refractivity contribution in [2.24, 2.45) is 0 Å². The van der Waals surface area contributed by atoms with Gasteiger partial charge in [-0.25, -0.2) is 0 Å². The monoisotopic (exact) mass is 224 g/mol. The van der Waals surface area contributed by atoms with Crippen LogP contribution in [0, 0.1) is 0 Å². The smallest absolute Gasteiger partial charge is 0.0380 e. The van der Waals surface area contributed by atoms with Crippen molar-refractivity contribution < 1.29 is 0 Å². The van der Waals surface area contributed by atoms with Crippen molar-refractivity contribution in [2.45, 2.75) is 12.3 Å². The quantitative estimate of drug-likeness (QED) is 0.730. The van der Waals surface area contributed by atoms with Crippen LogP contribution in [-0.4, -0.2) is 6.54 Å². The number of anilines is 2. The topological polar surface area (TPSA) is 38.0 Å². The van der Waals surface area contributed by atoms with E-state index in [9.17, 15) is 0 Å². The third kappa shape index (κ3) is 1.86. The molecule has 0 aliphatic carbocycles. The summed E-state index contributed by atoms with van der Waals surface area (Å²) in [4.78, 5) is 0. The molecule has 1 aliphatic rings. The minimum Gasteiger partial charge on any atom is -0.399 e. The SMILES string of the molecule is Nc1ccc2c(c1)C(c1ccccc1)CCN2. The number of nitrogens with two attached hydrogens (primary N) is 1. The molecule has 3 N–H and O–H groups in total. The summed E-state index contributed by atoms with van der Waals surface area (Å²) in [6, 6.07) is 16.8. The average molecular weight is 224 g/mol. The van der Waals surface area contributed by atoms with Gasteiger partial charge in [0.1, 0.15) is 0 Å². The second kappa shape index (κ2) is 4.13. The van der Waals surface area contributed by atoms with E-state index in [1.165, 1.54) is 16.8 Å². The molecule has 0 bridgehead atoms. The van der Waals surface area contributed by atoms with E-state index in [1.807, 2.05) is 6.07 Å². The van der Waals surface area contributed by atoms with E-state index in [0.717, 1.165) is 18.7 Å². The van der Waals surface area contributed by atoms with Crippen LogP contribution in [0.3, 0.4) is 0 Å². The van der Waals surface area contributed by atoms with Gasteiger partial charge >= 0.3 is 0 Å². The van der Waals surface area contributed by atoms with Crippen LogP contribution < -0.4 is 11.1 Å². The first kappa shape index (κ1) is 10.2. The van der Waals surface area contributed by atoms with Crippen LogP contribution in [0.25, 0.3) is 0 Å². The maximum Gasteiger partial charge on any atom is 0.0380 e. The van der Waals surface area contributed by atoms with Gasteiger partial charge in [-0.3, -0.25) is 0 Å². The molecule has 0 amide bonds. The largest absolute Gasteiger partial charge is 0.399 e. The van der Waals surface area contributed by atoms with Crippen molar-refractivity contribution in [1.29, 1.82) is 0 Å². The Hall–Kier alpha value is -1.96. The number of rotatable bonds is 1. The van der Waals surface area contributed by atoms with E-state index in [4.69, 9.17) is 5.73 Å². The van der Waals surface area contributed by atoms with Crippen LogP contribution in [0.2, 0.25) is 0 Å². The normalized spacial score (nSPS) is 18.2. The molecule has 0 spiro atoms. The number of fused-ring (bicyclic) bond motifs is 1. The first-order valence-corrected chi connectivity index (χ1v) is 6.03. The summed E-state index contributed by atoms with van der Waals surface area (Å²) < 4.78 is 0. The molecule has 0 radical (unpaired) electrons. The highest BCUT2D eigenvalue weighted by Crippen LogP contribution is 2.37. The molecule has 1 aliphatic heterocycles. The fourth-order valence-electron chi connectivity index (χ4n) is 2.57. The molecule has 2 aromatic rings. The second-order valence-electron chi connectivity index (χ2n) is 4.53. The maximum atomic E-state index is 5.89. The summed E-state index contributed by atoms with van der Waals surface area (Å²) in [5, 5.41) is 3.43. The van der Waals surface area contributed by atoms with Crippen LogP contribution in [0.1, 0.15) is 23.5 Å². The highest BCUT2D eigenvalue weighted by atomic mass is 14.9. The number of nitrogen functional groups attached to an aromatic ring is 1. The van der Waals surface area contributed by atoms with Gasteiger partial charge in [-0.05, 0) is 35.7 Å². The van der Waals surface area contributed by atoms with Crippen LogP contribution >= 0.6 is 0 Å². The number of hydrogen-bond donors (Lipinski definition) is 2. The molecule has 2 aromatic carbocycles. The molecule has 1 atom stereocenters. The van der Waals surface area contributed by atoms with E-state index in [0.29, 0.717) is 5.92 Å². The zero-order chi connectivity index (χ0) is 11.7. The van der Waals surface area contributed by atoms with Crippen molar-refractivity contribution in [3.63, 3.8) is 0 Å². The molecule has 2 heteroatoms. The minimum absolute atomic E-state index is 0.468. The first-order chi connectivity index (χ1) is 8.34. The Bertz CT molecular complexity index is 520. The summed E-state index contributed by atoms with van der Waals surface area (Å²) in [7, 11) is 0. The number of hydrogen-bond acceptors (Lipinski definition) is 2. The van der Waals surface area contributed by atoms with Crippen molar-refractivity contribution in [3.05, 3.63) is 59.7 Å². The van der Waals surface area contributed by atoms with Crippen molar-refractivity contribution in [1.82, 2.24) is 0 Å². The molecule has 0 saturated heterocycles. The third-order valence-corrected chi connectivity index (χ3v) is 3.40. The second-order valence-corrected chi connectivity index (χ2v) is 4.53.